The number of aliphatic hydroxyl groups is 2. The Morgan fingerprint density at radius 2 is 1.83 bits per heavy atom. The number of amides is 1. The largest absolute Gasteiger partial charge is 0.459 e. The van der Waals surface area contributed by atoms with Crippen molar-refractivity contribution in [2.75, 3.05) is 38.9 Å². The fourth-order valence-corrected chi connectivity index (χ4v) is 9.80. The highest BCUT2D eigenvalue weighted by Crippen LogP contribution is 2.62. The molecule has 0 radical (unpaired) electrons. The zero-order valence-electron chi connectivity index (χ0n) is 35.9. The lowest BCUT2D eigenvalue weighted by Crippen LogP contribution is -2.70. The molecule has 0 aromatic heterocycles. The van der Waals surface area contributed by atoms with Crippen LogP contribution in [0.2, 0.25) is 0 Å². The number of carbonyl (C=O) groups excluding carboxylic acids is 1. The quantitative estimate of drug-likeness (QED) is 0.0343. The predicted molar refractivity (Wildman–Crippen MR) is 237 cm³/mol. The van der Waals surface area contributed by atoms with E-state index >= 15 is 0 Å². The zero-order chi connectivity index (χ0) is 45.1. The van der Waals surface area contributed by atoms with Gasteiger partial charge >= 0.3 is 6.09 Å². The number of nitrogens with zero attached hydrogens (tertiary/aromatic N) is 3. The van der Waals surface area contributed by atoms with Crippen LogP contribution in [0.1, 0.15) is 81.3 Å². The molecule has 16 heteroatoms. The van der Waals surface area contributed by atoms with E-state index in [1.807, 2.05) is 6.07 Å². The minimum Gasteiger partial charge on any atom is -0.459 e. The van der Waals surface area contributed by atoms with Crippen molar-refractivity contribution >= 4 is 29.1 Å². The number of fused-ring (bicyclic) bond motifs is 2. The van der Waals surface area contributed by atoms with E-state index in [0.29, 0.717) is 61.5 Å². The highest BCUT2D eigenvalue weighted by atomic mass is 35.5. The molecule has 0 spiro atoms. The van der Waals surface area contributed by atoms with Crippen molar-refractivity contribution < 1.29 is 52.8 Å². The lowest BCUT2D eigenvalue weighted by molar-refractivity contribution is -0.384. The first-order chi connectivity index (χ1) is 31.2. The third kappa shape index (κ3) is 10.7. The number of hydrogen-bond acceptors (Lipinski definition) is 12. The molecule has 1 amide bonds. The summed E-state index contributed by atoms with van der Waals surface area (Å²) >= 11 is 6.07. The molecule has 7 rings (SSSR count). The average Bonchev–Trinajstić information content (AvgIpc) is 3.31. The van der Waals surface area contributed by atoms with Gasteiger partial charge in [-0.2, -0.15) is 0 Å². The zero-order valence-corrected chi connectivity index (χ0v) is 36.6. The molecular formula is C48H57ClFN3O11. The highest BCUT2D eigenvalue weighted by Gasteiger charge is 2.65. The molecule has 7 atom stereocenters. The lowest BCUT2D eigenvalue weighted by atomic mass is 9.55. The van der Waals surface area contributed by atoms with Crippen LogP contribution in [0.4, 0.5) is 14.9 Å². The van der Waals surface area contributed by atoms with Gasteiger partial charge < -0.3 is 38.7 Å². The fourth-order valence-electron chi connectivity index (χ4n) is 9.72. The minimum absolute atomic E-state index is 0.0164. The number of oxime groups is 1. The van der Waals surface area contributed by atoms with Crippen LogP contribution in [0.5, 0.6) is 17.2 Å². The highest BCUT2D eigenvalue weighted by molar-refractivity contribution is 6.18. The van der Waals surface area contributed by atoms with Gasteiger partial charge in [-0.1, -0.05) is 48.3 Å². The van der Waals surface area contributed by atoms with E-state index in [-0.39, 0.29) is 74.5 Å². The molecule has 1 saturated carbocycles. The first kappa shape index (κ1) is 46.9. The van der Waals surface area contributed by atoms with Gasteiger partial charge in [-0.3, -0.25) is 15.0 Å². The molecule has 2 heterocycles. The molecular weight excluding hydrogens is 849 g/mol. The molecule has 4 aliphatic rings. The number of carbonyl (C=O) groups is 1. The minimum atomic E-state index is -1.61. The van der Waals surface area contributed by atoms with Crippen molar-refractivity contribution in [2.24, 2.45) is 22.9 Å². The monoisotopic (exact) mass is 905 g/mol. The van der Waals surface area contributed by atoms with Crippen LogP contribution in [0, 0.1) is 33.7 Å². The van der Waals surface area contributed by atoms with Gasteiger partial charge in [0.05, 0.1) is 41.7 Å². The van der Waals surface area contributed by atoms with Crippen molar-refractivity contribution in [3.63, 3.8) is 0 Å². The summed E-state index contributed by atoms with van der Waals surface area (Å²) in [6.07, 6.45) is 9.25. The molecule has 2 N–H and O–H groups in total. The third-order valence-electron chi connectivity index (χ3n) is 12.5. The Balaban J connectivity index is 1.45. The number of unbranched alkanes of at least 4 members (excludes halogenated alkanes) is 2. The van der Waals surface area contributed by atoms with Crippen molar-refractivity contribution in [1.82, 2.24) is 4.90 Å². The number of aliphatic hydroxyl groups excluding tert-OH is 2. The number of benzene rings is 3. The smallest absolute Gasteiger partial charge is 0.410 e. The molecule has 1 saturated heterocycles. The fraction of sp³-hybridized carbons (Fsp3) is 0.500. The number of allylic oxidation sites excluding steroid dienone is 1. The standard InChI is InChI=1S/C48H57ClFN3O11/c1-2-24-61-48-43(52(47(56)60-26-21-49)31-32-15-17-34(50)18-16-32)30-41(51-64-44-14-5-8-25-59-44)39-27-33(10-3-6-22-54)38(13-4-7-23-55)45(46(39)48)40-29-37(19-20-42(40)63-48)62-36-12-9-11-35(28-36)53(57)58/h2,9,11-12,15-20,27-29,33,38,43-46,54-55H,1,3-8,10,13-14,21-26,30-31H2/t33-,38+,43-,44?,45+,46+,48+/m0/s1. The second-order valence-electron chi connectivity index (χ2n) is 16.6. The van der Waals surface area contributed by atoms with Gasteiger partial charge in [0.25, 0.3) is 5.69 Å². The van der Waals surface area contributed by atoms with Gasteiger partial charge in [-0.15, -0.1) is 18.2 Å². The molecule has 0 bridgehead atoms. The Bertz CT molecular complexity index is 2130. The van der Waals surface area contributed by atoms with Crippen molar-refractivity contribution in [3.05, 3.63) is 118 Å². The van der Waals surface area contributed by atoms with Gasteiger partial charge in [-0.25, -0.2) is 9.18 Å². The van der Waals surface area contributed by atoms with E-state index < -0.39 is 40.9 Å². The molecule has 14 nitrogen and oxygen atoms in total. The number of non-ortho nitro benzene ring substituents is 1. The van der Waals surface area contributed by atoms with Gasteiger partial charge in [0.15, 0.2) is 0 Å². The first-order valence-electron chi connectivity index (χ1n) is 22.2. The Morgan fingerprint density at radius 1 is 1.05 bits per heavy atom. The normalized spacial score (nSPS) is 25.2. The molecule has 2 aliphatic heterocycles. The summed E-state index contributed by atoms with van der Waals surface area (Å²) in [6, 6.07) is 16.4. The SMILES string of the molecule is C=CCO[C@@]12Oc3ccc(Oc4cccc([N+](=O)[O-])c4)cc3[C@H]3[C@H](CCCCO)[C@@H](CCCCO)C=C(C(=NOC4CCCCO4)C[C@@H]1N(Cc1ccc(F)cc1)C(=O)OCCCl)[C@H]32. The van der Waals surface area contributed by atoms with E-state index in [1.165, 1.54) is 24.3 Å². The number of nitro groups is 1. The number of hydrogen-bond donors (Lipinski definition) is 2. The van der Waals surface area contributed by atoms with Crippen molar-refractivity contribution in [2.45, 2.75) is 94.8 Å². The Hall–Kier alpha value is -5.06. The van der Waals surface area contributed by atoms with Crippen molar-refractivity contribution in [1.29, 1.82) is 0 Å². The third-order valence-corrected chi connectivity index (χ3v) is 12.7. The van der Waals surface area contributed by atoms with E-state index in [1.54, 1.807) is 47.4 Å². The van der Waals surface area contributed by atoms with Crippen LogP contribution in [-0.4, -0.2) is 88.9 Å². The molecule has 2 aliphatic carbocycles. The van der Waals surface area contributed by atoms with Crippen LogP contribution in [-0.2, 0) is 25.6 Å². The molecule has 1 unspecified atom stereocenters. The lowest BCUT2D eigenvalue weighted by Gasteiger charge is -2.59. The van der Waals surface area contributed by atoms with Crippen LogP contribution in [0.15, 0.2) is 96.2 Å². The van der Waals surface area contributed by atoms with Crippen molar-refractivity contribution in [3.8, 4) is 17.2 Å². The predicted octanol–water partition coefficient (Wildman–Crippen LogP) is 9.56. The topological polar surface area (TPSA) is 172 Å². The Labute approximate surface area is 377 Å². The summed E-state index contributed by atoms with van der Waals surface area (Å²) in [5.41, 5.74) is 2.69. The maximum absolute atomic E-state index is 14.5. The first-order valence-corrected chi connectivity index (χ1v) is 22.7. The van der Waals surface area contributed by atoms with E-state index in [2.05, 4.69) is 12.7 Å². The maximum atomic E-state index is 14.5. The summed E-state index contributed by atoms with van der Waals surface area (Å²) < 4.78 is 46.7. The number of nitro benzene ring substituents is 1. The van der Waals surface area contributed by atoms with Gasteiger partial charge in [0.2, 0.25) is 12.1 Å². The number of alkyl halides is 1. The van der Waals surface area contributed by atoms with E-state index in [4.69, 9.17) is 45.3 Å². The van der Waals surface area contributed by atoms with Crippen LogP contribution in [0.25, 0.3) is 0 Å². The van der Waals surface area contributed by atoms with E-state index in [0.717, 1.165) is 36.8 Å². The Kier molecular flexibility index (Phi) is 16.3. The summed E-state index contributed by atoms with van der Waals surface area (Å²) in [4.78, 5) is 33.5. The molecule has 2 fully saturated rings. The number of ether oxygens (including phenoxy) is 5. The average molecular weight is 906 g/mol. The summed E-state index contributed by atoms with van der Waals surface area (Å²) in [7, 11) is 0. The summed E-state index contributed by atoms with van der Waals surface area (Å²) in [5.74, 6) is -1.96. The molecule has 344 valence electrons. The van der Waals surface area contributed by atoms with Crippen LogP contribution < -0.4 is 9.47 Å². The van der Waals surface area contributed by atoms with Crippen LogP contribution >= 0.6 is 11.6 Å². The second-order valence-corrected chi connectivity index (χ2v) is 17.0. The summed E-state index contributed by atoms with van der Waals surface area (Å²) in [6.45, 7) is 4.54. The van der Waals surface area contributed by atoms with Gasteiger partial charge in [0.1, 0.15) is 35.7 Å². The second kappa shape index (κ2) is 22.2. The molecule has 64 heavy (non-hydrogen) atoms. The molecule has 3 aromatic carbocycles. The van der Waals surface area contributed by atoms with Gasteiger partial charge in [0, 0.05) is 50.1 Å². The maximum Gasteiger partial charge on any atom is 0.410 e. The molecule has 3 aromatic rings. The van der Waals surface area contributed by atoms with Crippen LogP contribution in [0.3, 0.4) is 0 Å². The Morgan fingerprint density at radius 3 is 2.55 bits per heavy atom. The number of halogens is 2. The number of rotatable bonds is 21. The van der Waals surface area contributed by atoms with E-state index in [9.17, 15) is 29.5 Å². The summed E-state index contributed by atoms with van der Waals surface area (Å²) in [5, 5.41) is 36.4. The van der Waals surface area contributed by atoms with Gasteiger partial charge in [-0.05, 0) is 97.9 Å².